The van der Waals surface area contributed by atoms with E-state index in [9.17, 15) is 4.57 Å². The van der Waals surface area contributed by atoms with E-state index in [4.69, 9.17) is 4.52 Å². The molecule has 1 aromatic rings. The van der Waals surface area contributed by atoms with Gasteiger partial charge in [-0.2, -0.15) is 0 Å². The van der Waals surface area contributed by atoms with E-state index < -0.39 is 7.37 Å². The van der Waals surface area contributed by atoms with Gasteiger partial charge in [-0.1, -0.05) is 38.0 Å². The van der Waals surface area contributed by atoms with Crippen LogP contribution in [0.3, 0.4) is 0 Å². The molecule has 0 saturated heterocycles. The Bertz CT molecular complexity index is 357. The molecule has 0 N–H and O–H groups in total. The van der Waals surface area contributed by atoms with Crippen LogP contribution >= 0.6 is 7.37 Å². The molecule has 1 rings (SSSR count). The molecule has 16 heavy (non-hydrogen) atoms. The van der Waals surface area contributed by atoms with Gasteiger partial charge in [0.25, 0.3) is 0 Å². The van der Waals surface area contributed by atoms with Gasteiger partial charge >= 0.3 is 0 Å². The molecule has 0 aliphatic rings. The second-order valence-electron chi connectivity index (χ2n) is 4.01. The first-order valence-corrected chi connectivity index (χ1v) is 7.74. The summed E-state index contributed by atoms with van der Waals surface area (Å²) in [6.45, 7) is 6.65. The fourth-order valence-electron chi connectivity index (χ4n) is 1.48. The highest BCUT2D eigenvalue weighted by atomic mass is 31.2. The third-order valence-corrected chi connectivity index (χ3v) is 5.16. The van der Waals surface area contributed by atoms with Gasteiger partial charge in [-0.05, 0) is 25.5 Å². The molecule has 0 heterocycles. The Labute approximate surface area is 98.5 Å². The molecule has 0 radical (unpaired) electrons. The van der Waals surface area contributed by atoms with Crippen LogP contribution in [-0.4, -0.2) is 12.8 Å². The average molecular weight is 240 g/mol. The summed E-state index contributed by atoms with van der Waals surface area (Å²) in [6, 6.07) is 7.82. The van der Waals surface area contributed by atoms with Crippen LogP contribution in [0.1, 0.15) is 32.3 Å². The highest BCUT2D eigenvalue weighted by Gasteiger charge is 2.22. The Hall–Kier alpha value is -0.590. The molecule has 0 bridgehead atoms. The van der Waals surface area contributed by atoms with Gasteiger partial charge < -0.3 is 4.52 Å². The Kier molecular flexibility index (Phi) is 5.24. The lowest BCUT2D eigenvalue weighted by Crippen LogP contribution is -2.10. The van der Waals surface area contributed by atoms with Crippen LogP contribution in [0.4, 0.5) is 0 Å². The van der Waals surface area contributed by atoms with Crippen molar-refractivity contribution in [1.82, 2.24) is 0 Å². The lowest BCUT2D eigenvalue weighted by atomic mass is 10.2. The van der Waals surface area contributed by atoms with Gasteiger partial charge in [0.05, 0.1) is 6.61 Å². The SMILES string of the molecule is CCCCOP(=O)(CC)c1ccc(C)cc1. The van der Waals surface area contributed by atoms with E-state index in [2.05, 4.69) is 6.92 Å². The summed E-state index contributed by atoms with van der Waals surface area (Å²) in [5.41, 5.74) is 1.18. The van der Waals surface area contributed by atoms with Crippen LogP contribution < -0.4 is 5.30 Å². The van der Waals surface area contributed by atoms with Crippen LogP contribution in [0.25, 0.3) is 0 Å². The maximum Gasteiger partial charge on any atom is 0.231 e. The van der Waals surface area contributed by atoms with Crippen molar-refractivity contribution in [3.8, 4) is 0 Å². The fraction of sp³-hybridized carbons (Fsp3) is 0.538. The van der Waals surface area contributed by atoms with E-state index in [1.165, 1.54) is 5.56 Å². The van der Waals surface area contributed by atoms with Gasteiger partial charge in [-0.25, -0.2) is 0 Å². The molecule has 0 spiro atoms. The molecule has 1 atom stereocenters. The van der Waals surface area contributed by atoms with Crippen LogP contribution in [-0.2, 0) is 9.09 Å². The zero-order valence-corrected chi connectivity index (χ0v) is 11.3. The summed E-state index contributed by atoms with van der Waals surface area (Å²) in [4.78, 5) is 0. The Morgan fingerprint density at radius 1 is 1.19 bits per heavy atom. The van der Waals surface area contributed by atoms with Crippen molar-refractivity contribution in [2.24, 2.45) is 0 Å². The van der Waals surface area contributed by atoms with E-state index in [0.717, 1.165) is 18.1 Å². The van der Waals surface area contributed by atoms with Crippen molar-refractivity contribution >= 4 is 12.7 Å². The van der Waals surface area contributed by atoms with Gasteiger partial charge in [-0.3, -0.25) is 4.57 Å². The summed E-state index contributed by atoms with van der Waals surface area (Å²) < 4.78 is 18.1. The van der Waals surface area contributed by atoms with E-state index in [-0.39, 0.29) is 0 Å². The molecule has 0 aliphatic heterocycles. The predicted octanol–water partition coefficient (Wildman–Crippen LogP) is 3.74. The maximum atomic E-state index is 12.5. The van der Waals surface area contributed by atoms with Gasteiger partial charge in [-0.15, -0.1) is 0 Å². The largest absolute Gasteiger partial charge is 0.325 e. The minimum atomic E-state index is -2.60. The molecule has 90 valence electrons. The molecule has 0 saturated carbocycles. The normalized spacial score (nSPS) is 14.7. The van der Waals surface area contributed by atoms with Crippen molar-refractivity contribution in [2.45, 2.75) is 33.6 Å². The molecular formula is C13H21O2P. The van der Waals surface area contributed by atoms with Crippen molar-refractivity contribution in [1.29, 1.82) is 0 Å². The molecule has 2 nitrogen and oxygen atoms in total. The van der Waals surface area contributed by atoms with Gasteiger partial charge in [0, 0.05) is 11.5 Å². The van der Waals surface area contributed by atoms with Gasteiger partial charge in [0.15, 0.2) is 0 Å². The summed E-state index contributed by atoms with van der Waals surface area (Å²) >= 11 is 0. The van der Waals surface area contributed by atoms with Gasteiger partial charge in [0.1, 0.15) is 0 Å². The second kappa shape index (κ2) is 6.22. The molecular weight excluding hydrogens is 219 g/mol. The third kappa shape index (κ3) is 3.47. The summed E-state index contributed by atoms with van der Waals surface area (Å²) in [5, 5.41) is 0.844. The topological polar surface area (TPSA) is 26.3 Å². The van der Waals surface area contributed by atoms with Crippen molar-refractivity contribution in [3.63, 3.8) is 0 Å². The summed E-state index contributed by atoms with van der Waals surface area (Å²) in [5.74, 6) is 0. The van der Waals surface area contributed by atoms with Crippen LogP contribution in [0.15, 0.2) is 24.3 Å². The Morgan fingerprint density at radius 3 is 2.31 bits per heavy atom. The smallest absolute Gasteiger partial charge is 0.231 e. The van der Waals surface area contributed by atoms with E-state index >= 15 is 0 Å². The van der Waals surface area contributed by atoms with Crippen LogP contribution in [0.5, 0.6) is 0 Å². The lowest BCUT2D eigenvalue weighted by molar-refractivity contribution is 0.313. The Balaban J connectivity index is 2.79. The van der Waals surface area contributed by atoms with E-state index in [0.29, 0.717) is 12.8 Å². The van der Waals surface area contributed by atoms with E-state index in [1.807, 2.05) is 38.1 Å². The van der Waals surface area contributed by atoms with Crippen LogP contribution in [0, 0.1) is 6.92 Å². The third-order valence-electron chi connectivity index (χ3n) is 2.64. The zero-order valence-electron chi connectivity index (χ0n) is 10.4. The quantitative estimate of drug-likeness (QED) is 0.559. The number of rotatable bonds is 6. The standard InChI is InChI=1S/C13H21O2P/c1-4-6-11-15-16(14,5-2)13-9-7-12(3)8-10-13/h7-10H,4-6,11H2,1-3H3. The summed E-state index contributed by atoms with van der Waals surface area (Å²) in [6.07, 6.45) is 2.60. The monoisotopic (exact) mass is 240 g/mol. The minimum absolute atomic E-state index is 0.569. The number of hydrogen-bond donors (Lipinski definition) is 0. The molecule has 0 aromatic heterocycles. The maximum absolute atomic E-state index is 12.5. The first kappa shape index (κ1) is 13.5. The molecule has 3 heteroatoms. The minimum Gasteiger partial charge on any atom is -0.325 e. The van der Waals surface area contributed by atoms with Crippen molar-refractivity contribution in [2.75, 3.05) is 12.8 Å². The van der Waals surface area contributed by atoms with Gasteiger partial charge in [0.2, 0.25) is 7.37 Å². The van der Waals surface area contributed by atoms with Crippen LogP contribution in [0.2, 0.25) is 0 Å². The highest BCUT2D eigenvalue weighted by molar-refractivity contribution is 7.66. The predicted molar refractivity (Wildman–Crippen MR) is 69.8 cm³/mol. The van der Waals surface area contributed by atoms with Crippen molar-refractivity contribution < 1.29 is 9.09 Å². The highest BCUT2D eigenvalue weighted by Crippen LogP contribution is 2.45. The fourth-order valence-corrected chi connectivity index (χ4v) is 3.20. The number of hydrogen-bond acceptors (Lipinski definition) is 2. The molecule has 0 fully saturated rings. The lowest BCUT2D eigenvalue weighted by Gasteiger charge is -2.17. The number of benzene rings is 1. The second-order valence-corrected chi connectivity index (χ2v) is 6.77. The molecule has 1 unspecified atom stereocenters. The Morgan fingerprint density at radius 2 is 1.81 bits per heavy atom. The first-order valence-electron chi connectivity index (χ1n) is 5.93. The number of unbranched alkanes of at least 4 members (excludes halogenated alkanes) is 1. The summed E-state index contributed by atoms with van der Waals surface area (Å²) in [7, 11) is -2.60. The average Bonchev–Trinajstić information content (AvgIpc) is 2.30. The number of aryl methyl sites for hydroxylation is 1. The zero-order chi connectivity index (χ0) is 12.0. The van der Waals surface area contributed by atoms with E-state index in [1.54, 1.807) is 0 Å². The molecule has 1 aromatic carbocycles. The molecule has 0 aliphatic carbocycles. The first-order chi connectivity index (χ1) is 7.62. The van der Waals surface area contributed by atoms with Crippen molar-refractivity contribution in [3.05, 3.63) is 29.8 Å². The molecule has 0 amide bonds.